The fraction of sp³-hybridized carbons (Fsp3) is 0.600. The van der Waals surface area contributed by atoms with Gasteiger partial charge < -0.3 is 10.5 Å². The van der Waals surface area contributed by atoms with Crippen molar-refractivity contribution in [3.8, 4) is 5.75 Å². The second kappa shape index (κ2) is 5.94. The van der Waals surface area contributed by atoms with E-state index < -0.39 is 15.6 Å². The van der Waals surface area contributed by atoms with E-state index in [4.69, 9.17) is 10.5 Å². The maximum absolute atomic E-state index is 12.6. The summed E-state index contributed by atoms with van der Waals surface area (Å²) in [5.74, 6) is 0.725. The van der Waals surface area contributed by atoms with E-state index in [2.05, 4.69) is 4.72 Å². The molecular weight excluding hydrogens is 288 g/mol. The highest BCUT2D eigenvalue weighted by Crippen LogP contribution is 2.32. The van der Waals surface area contributed by atoms with Gasteiger partial charge in [-0.2, -0.15) is 0 Å². The maximum Gasteiger partial charge on any atom is 0.241 e. The predicted octanol–water partition coefficient (Wildman–Crippen LogP) is 1.86. The molecule has 0 aliphatic heterocycles. The zero-order valence-electron chi connectivity index (χ0n) is 12.9. The Morgan fingerprint density at radius 1 is 1.24 bits per heavy atom. The molecule has 21 heavy (non-hydrogen) atoms. The van der Waals surface area contributed by atoms with Gasteiger partial charge in [0.1, 0.15) is 5.75 Å². The SMILES string of the molecule is COc1c(C)cc(S(=O)(=O)NC2(CN)CCCC2)cc1C. The van der Waals surface area contributed by atoms with Crippen molar-refractivity contribution in [2.24, 2.45) is 5.73 Å². The summed E-state index contributed by atoms with van der Waals surface area (Å²) in [6.45, 7) is 4.03. The third kappa shape index (κ3) is 3.22. The van der Waals surface area contributed by atoms with E-state index >= 15 is 0 Å². The fourth-order valence-corrected chi connectivity index (χ4v) is 4.77. The van der Waals surface area contributed by atoms with Crippen molar-refractivity contribution in [2.45, 2.75) is 50.0 Å². The number of rotatable bonds is 5. The Kier molecular flexibility index (Phi) is 4.60. The molecule has 0 saturated heterocycles. The molecule has 1 fully saturated rings. The molecule has 1 aromatic rings. The van der Waals surface area contributed by atoms with Crippen molar-refractivity contribution >= 4 is 10.0 Å². The number of methoxy groups -OCH3 is 1. The van der Waals surface area contributed by atoms with Gasteiger partial charge >= 0.3 is 0 Å². The van der Waals surface area contributed by atoms with Crippen LogP contribution in [0.3, 0.4) is 0 Å². The number of nitrogens with two attached hydrogens (primary N) is 1. The summed E-state index contributed by atoms with van der Waals surface area (Å²) in [6.07, 6.45) is 3.63. The molecule has 0 unspecified atom stereocenters. The van der Waals surface area contributed by atoms with E-state index in [-0.39, 0.29) is 4.90 Å². The fourth-order valence-electron chi connectivity index (χ4n) is 3.13. The number of nitrogens with one attached hydrogen (secondary N) is 1. The molecule has 0 atom stereocenters. The third-order valence-electron chi connectivity index (χ3n) is 4.25. The summed E-state index contributed by atoms with van der Waals surface area (Å²) < 4.78 is 33.4. The summed E-state index contributed by atoms with van der Waals surface area (Å²) >= 11 is 0. The zero-order chi connectivity index (χ0) is 15.7. The Balaban J connectivity index is 2.36. The van der Waals surface area contributed by atoms with Gasteiger partial charge in [-0.05, 0) is 49.9 Å². The van der Waals surface area contributed by atoms with E-state index in [0.29, 0.717) is 6.54 Å². The minimum Gasteiger partial charge on any atom is -0.496 e. The van der Waals surface area contributed by atoms with Gasteiger partial charge in [-0.15, -0.1) is 0 Å². The van der Waals surface area contributed by atoms with Crippen LogP contribution in [0, 0.1) is 13.8 Å². The van der Waals surface area contributed by atoms with Gasteiger partial charge in [-0.1, -0.05) is 12.8 Å². The van der Waals surface area contributed by atoms with Crippen LogP contribution in [0.5, 0.6) is 5.75 Å². The van der Waals surface area contributed by atoms with Crippen LogP contribution in [0.25, 0.3) is 0 Å². The molecule has 1 aliphatic rings. The molecule has 0 amide bonds. The zero-order valence-corrected chi connectivity index (χ0v) is 13.7. The molecule has 0 radical (unpaired) electrons. The molecule has 1 aliphatic carbocycles. The first-order valence-corrected chi connectivity index (χ1v) is 8.71. The van der Waals surface area contributed by atoms with Crippen LogP contribution in [0.4, 0.5) is 0 Å². The Labute approximate surface area is 126 Å². The summed E-state index contributed by atoms with van der Waals surface area (Å²) in [5, 5.41) is 0. The average Bonchev–Trinajstić information content (AvgIpc) is 2.87. The minimum atomic E-state index is -3.57. The lowest BCUT2D eigenvalue weighted by atomic mass is 10.0. The average molecular weight is 312 g/mol. The molecule has 118 valence electrons. The molecule has 0 bridgehead atoms. The van der Waals surface area contributed by atoms with Gasteiger partial charge in [0.05, 0.1) is 12.0 Å². The van der Waals surface area contributed by atoms with Gasteiger partial charge in [0, 0.05) is 12.1 Å². The lowest BCUT2D eigenvalue weighted by Crippen LogP contribution is -2.51. The molecule has 0 spiro atoms. The van der Waals surface area contributed by atoms with Crippen LogP contribution in [-0.4, -0.2) is 27.6 Å². The highest BCUT2D eigenvalue weighted by molar-refractivity contribution is 7.89. The first kappa shape index (κ1) is 16.3. The van der Waals surface area contributed by atoms with E-state index in [1.165, 1.54) is 0 Å². The van der Waals surface area contributed by atoms with Crippen LogP contribution in [0.1, 0.15) is 36.8 Å². The standard InChI is InChI=1S/C15H24N2O3S/c1-11-8-13(9-12(2)14(11)20-3)21(18,19)17-15(10-16)6-4-5-7-15/h8-9,17H,4-7,10,16H2,1-3H3. The van der Waals surface area contributed by atoms with Crippen molar-refractivity contribution in [3.63, 3.8) is 0 Å². The molecule has 1 saturated carbocycles. The second-order valence-electron chi connectivity index (χ2n) is 5.89. The van der Waals surface area contributed by atoms with Crippen LogP contribution < -0.4 is 15.2 Å². The van der Waals surface area contributed by atoms with Crippen LogP contribution in [-0.2, 0) is 10.0 Å². The number of benzene rings is 1. The number of sulfonamides is 1. The monoisotopic (exact) mass is 312 g/mol. The van der Waals surface area contributed by atoms with Crippen molar-refractivity contribution in [1.29, 1.82) is 0 Å². The van der Waals surface area contributed by atoms with E-state index in [1.807, 2.05) is 13.8 Å². The first-order chi connectivity index (χ1) is 9.83. The molecular formula is C15H24N2O3S. The van der Waals surface area contributed by atoms with Crippen molar-refractivity contribution < 1.29 is 13.2 Å². The Morgan fingerprint density at radius 3 is 2.19 bits per heavy atom. The summed E-state index contributed by atoms with van der Waals surface area (Å²) in [5.41, 5.74) is 6.95. The van der Waals surface area contributed by atoms with Gasteiger partial charge in [0.25, 0.3) is 0 Å². The highest BCUT2D eigenvalue weighted by atomic mass is 32.2. The Bertz CT molecular complexity index is 597. The smallest absolute Gasteiger partial charge is 0.241 e. The maximum atomic E-state index is 12.6. The molecule has 3 N–H and O–H groups in total. The van der Waals surface area contributed by atoms with E-state index in [0.717, 1.165) is 42.6 Å². The van der Waals surface area contributed by atoms with Gasteiger partial charge in [-0.25, -0.2) is 13.1 Å². The largest absolute Gasteiger partial charge is 0.496 e. The molecule has 6 heteroatoms. The first-order valence-electron chi connectivity index (χ1n) is 7.23. The Hall–Kier alpha value is -1.11. The van der Waals surface area contributed by atoms with Crippen LogP contribution >= 0.6 is 0 Å². The Morgan fingerprint density at radius 2 is 1.76 bits per heavy atom. The van der Waals surface area contributed by atoms with E-state index in [9.17, 15) is 8.42 Å². The third-order valence-corrected chi connectivity index (χ3v) is 5.81. The molecule has 5 nitrogen and oxygen atoms in total. The minimum absolute atomic E-state index is 0.276. The number of hydrogen-bond acceptors (Lipinski definition) is 4. The summed E-state index contributed by atoms with van der Waals surface area (Å²) in [6, 6.07) is 3.29. The van der Waals surface area contributed by atoms with Gasteiger partial charge in [0.2, 0.25) is 10.0 Å². The van der Waals surface area contributed by atoms with E-state index in [1.54, 1.807) is 19.2 Å². The topological polar surface area (TPSA) is 81.4 Å². The normalized spacial score (nSPS) is 17.9. The summed E-state index contributed by atoms with van der Waals surface area (Å²) in [4.78, 5) is 0.276. The lowest BCUT2D eigenvalue weighted by molar-refractivity contribution is 0.399. The van der Waals surface area contributed by atoms with Crippen molar-refractivity contribution in [3.05, 3.63) is 23.3 Å². The number of aryl methyl sites for hydroxylation is 2. The molecule has 1 aromatic carbocycles. The molecule has 2 rings (SSSR count). The van der Waals surface area contributed by atoms with Gasteiger partial charge in [0.15, 0.2) is 0 Å². The number of ether oxygens (including phenoxy) is 1. The van der Waals surface area contributed by atoms with Crippen molar-refractivity contribution in [2.75, 3.05) is 13.7 Å². The quantitative estimate of drug-likeness (QED) is 0.869. The van der Waals surface area contributed by atoms with Crippen molar-refractivity contribution in [1.82, 2.24) is 4.72 Å². The number of hydrogen-bond donors (Lipinski definition) is 2. The predicted molar refractivity (Wildman–Crippen MR) is 83.0 cm³/mol. The van der Waals surface area contributed by atoms with Gasteiger partial charge in [-0.3, -0.25) is 0 Å². The lowest BCUT2D eigenvalue weighted by Gasteiger charge is -2.28. The molecule has 0 aromatic heterocycles. The van der Waals surface area contributed by atoms with Crippen LogP contribution in [0.2, 0.25) is 0 Å². The van der Waals surface area contributed by atoms with Crippen LogP contribution in [0.15, 0.2) is 17.0 Å². The second-order valence-corrected chi connectivity index (χ2v) is 7.57. The summed E-state index contributed by atoms with van der Waals surface area (Å²) in [7, 11) is -1.98. The highest BCUT2D eigenvalue weighted by Gasteiger charge is 2.37. The molecule has 0 heterocycles.